The molecule has 0 spiro atoms. The lowest BCUT2D eigenvalue weighted by atomic mass is 10.0. The van der Waals surface area contributed by atoms with Crippen LogP contribution in [0.25, 0.3) is 22.2 Å². The Labute approximate surface area is 202 Å². The lowest BCUT2D eigenvalue weighted by Crippen LogP contribution is -2.15. The van der Waals surface area contributed by atoms with Gasteiger partial charge in [0, 0.05) is 20.4 Å². The van der Waals surface area contributed by atoms with Crippen molar-refractivity contribution in [1.82, 2.24) is 3.97 Å². The number of methoxy groups -OCH3 is 1. The zero-order chi connectivity index (χ0) is 23.2. The molecule has 3 aromatic carbocycles. The molecule has 0 saturated heterocycles. The standard InChI is InChI=1S/C22H14BrCl2NO5S/c1-31-22(28)16-5-3-2-4-15(16)19-9-12-8-14(24)6-7-18(12)26(19)32(29,30)20-11-13(23)10-17(25)21(20)27/h2-11,27H,1H3. The first kappa shape index (κ1) is 22.7. The van der Waals surface area contributed by atoms with Crippen molar-refractivity contribution in [2.75, 3.05) is 7.11 Å². The van der Waals surface area contributed by atoms with Gasteiger partial charge in [-0.15, -0.1) is 0 Å². The average Bonchev–Trinajstić information content (AvgIpc) is 3.14. The number of hydrogen-bond acceptors (Lipinski definition) is 5. The number of hydrogen-bond donors (Lipinski definition) is 1. The number of aromatic nitrogens is 1. The Balaban J connectivity index is 2.13. The van der Waals surface area contributed by atoms with Crippen molar-refractivity contribution in [1.29, 1.82) is 0 Å². The van der Waals surface area contributed by atoms with E-state index in [4.69, 9.17) is 27.9 Å². The molecule has 32 heavy (non-hydrogen) atoms. The first-order valence-corrected chi connectivity index (χ1v) is 12.1. The minimum Gasteiger partial charge on any atom is -0.505 e. The molecule has 0 bridgehead atoms. The maximum Gasteiger partial charge on any atom is 0.338 e. The fourth-order valence-electron chi connectivity index (χ4n) is 3.44. The van der Waals surface area contributed by atoms with Gasteiger partial charge in [0.25, 0.3) is 10.0 Å². The number of benzene rings is 3. The molecular formula is C22H14BrCl2NO5S. The molecule has 0 aliphatic carbocycles. The molecule has 1 aromatic heterocycles. The van der Waals surface area contributed by atoms with Crippen molar-refractivity contribution in [3.05, 3.63) is 80.7 Å². The molecule has 0 fully saturated rings. The Morgan fingerprint density at radius 1 is 1.06 bits per heavy atom. The third-order valence-corrected chi connectivity index (χ3v) is 7.56. The fourth-order valence-corrected chi connectivity index (χ4v) is 6.30. The van der Waals surface area contributed by atoms with E-state index in [1.807, 2.05) is 0 Å². The van der Waals surface area contributed by atoms with Gasteiger partial charge in [-0.25, -0.2) is 17.2 Å². The molecule has 0 atom stereocenters. The monoisotopic (exact) mass is 553 g/mol. The number of esters is 1. The van der Waals surface area contributed by atoms with Gasteiger partial charge in [-0.05, 0) is 42.5 Å². The molecule has 1 N–H and O–H groups in total. The van der Waals surface area contributed by atoms with E-state index in [0.29, 0.717) is 26.0 Å². The number of carbonyl (C=O) groups excluding carboxylic acids is 1. The van der Waals surface area contributed by atoms with Crippen LogP contribution in [0.1, 0.15) is 10.4 Å². The minimum atomic E-state index is -4.38. The van der Waals surface area contributed by atoms with Crippen LogP contribution in [-0.4, -0.2) is 30.6 Å². The van der Waals surface area contributed by atoms with Crippen LogP contribution in [0, 0.1) is 0 Å². The SMILES string of the molecule is COC(=O)c1ccccc1-c1cc2cc(Cl)ccc2n1S(=O)(=O)c1cc(Br)cc(Cl)c1O. The minimum absolute atomic E-state index is 0.131. The highest BCUT2D eigenvalue weighted by Gasteiger charge is 2.29. The number of phenols is 1. The molecule has 4 rings (SSSR count). The second-order valence-electron chi connectivity index (χ2n) is 6.77. The molecule has 0 unspecified atom stereocenters. The van der Waals surface area contributed by atoms with Crippen LogP contribution < -0.4 is 0 Å². The number of nitrogens with zero attached hydrogens (tertiary/aromatic N) is 1. The summed E-state index contributed by atoms with van der Waals surface area (Å²) in [6.07, 6.45) is 0. The number of fused-ring (bicyclic) bond motifs is 1. The van der Waals surface area contributed by atoms with Crippen LogP contribution in [-0.2, 0) is 14.8 Å². The van der Waals surface area contributed by atoms with Crippen LogP contribution in [0.3, 0.4) is 0 Å². The third kappa shape index (κ3) is 3.77. The number of rotatable bonds is 4. The van der Waals surface area contributed by atoms with Crippen molar-refractivity contribution < 1.29 is 23.1 Å². The zero-order valence-electron chi connectivity index (χ0n) is 16.3. The summed E-state index contributed by atoms with van der Waals surface area (Å²) in [7, 11) is -3.14. The Kier molecular flexibility index (Phi) is 5.98. The van der Waals surface area contributed by atoms with Gasteiger partial charge in [-0.1, -0.05) is 57.3 Å². The maximum atomic E-state index is 13.8. The second kappa shape index (κ2) is 8.44. The molecule has 0 aliphatic rings. The summed E-state index contributed by atoms with van der Waals surface area (Å²) in [4.78, 5) is 12.0. The van der Waals surface area contributed by atoms with Crippen molar-refractivity contribution >= 4 is 66.0 Å². The smallest absolute Gasteiger partial charge is 0.338 e. The summed E-state index contributed by atoms with van der Waals surface area (Å²) in [5.41, 5.74) is 1.01. The normalized spacial score (nSPS) is 11.6. The average molecular weight is 555 g/mol. The summed E-state index contributed by atoms with van der Waals surface area (Å²) in [6.45, 7) is 0. The second-order valence-corrected chi connectivity index (χ2v) is 10.3. The Morgan fingerprint density at radius 3 is 2.50 bits per heavy atom. The van der Waals surface area contributed by atoms with Crippen LogP contribution in [0.4, 0.5) is 0 Å². The van der Waals surface area contributed by atoms with E-state index in [-0.39, 0.29) is 16.3 Å². The summed E-state index contributed by atoms with van der Waals surface area (Å²) < 4.78 is 34.0. The maximum absolute atomic E-state index is 13.8. The van der Waals surface area contributed by atoms with Gasteiger partial charge in [0.2, 0.25) is 0 Å². The Bertz CT molecular complexity index is 1500. The van der Waals surface area contributed by atoms with E-state index in [9.17, 15) is 18.3 Å². The topological polar surface area (TPSA) is 85.6 Å². The summed E-state index contributed by atoms with van der Waals surface area (Å²) in [5, 5.41) is 11.3. The van der Waals surface area contributed by atoms with E-state index in [1.54, 1.807) is 42.5 Å². The predicted octanol–water partition coefficient (Wildman–Crippen LogP) is 6.11. The van der Waals surface area contributed by atoms with Gasteiger partial charge < -0.3 is 9.84 Å². The lowest BCUT2D eigenvalue weighted by molar-refractivity contribution is 0.0601. The van der Waals surface area contributed by atoms with Crippen molar-refractivity contribution in [2.24, 2.45) is 0 Å². The number of ether oxygens (including phenoxy) is 1. The van der Waals surface area contributed by atoms with Crippen molar-refractivity contribution in [2.45, 2.75) is 4.90 Å². The van der Waals surface area contributed by atoms with Gasteiger partial charge in [0.05, 0.1) is 28.9 Å². The predicted molar refractivity (Wildman–Crippen MR) is 127 cm³/mol. The van der Waals surface area contributed by atoms with Crippen LogP contribution in [0.5, 0.6) is 5.75 Å². The number of carbonyl (C=O) groups is 1. The van der Waals surface area contributed by atoms with Crippen molar-refractivity contribution in [3.63, 3.8) is 0 Å². The van der Waals surface area contributed by atoms with Crippen LogP contribution >= 0.6 is 39.1 Å². The number of aromatic hydroxyl groups is 1. The van der Waals surface area contributed by atoms with Gasteiger partial charge in [0.15, 0.2) is 5.75 Å². The quantitative estimate of drug-likeness (QED) is 0.308. The number of halogens is 3. The molecule has 0 amide bonds. The third-order valence-electron chi connectivity index (χ3n) is 4.84. The summed E-state index contributed by atoms with van der Waals surface area (Å²) in [6, 6.07) is 15.4. The highest BCUT2D eigenvalue weighted by molar-refractivity contribution is 9.10. The van der Waals surface area contributed by atoms with E-state index < -0.39 is 26.6 Å². The largest absolute Gasteiger partial charge is 0.505 e. The lowest BCUT2D eigenvalue weighted by Gasteiger charge is -2.15. The van der Waals surface area contributed by atoms with E-state index >= 15 is 0 Å². The van der Waals surface area contributed by atoms with Crippen molar-refractivity contribution in [3.8, 4) is 17.0 Å². The Morgan fingerprint density at radius 2 is 1.78 bits per heavy atom. The molecule has 1 heterocycles. The van der Waals surface area contributed by atoms with Gasteiger partial charge in [0.1, 0.15) is 4.90 Å². The van der Waals surface area contributed by atoms with Gasteiger partial charge in [-0.3, -0.25) is 0 Å². The molecular weight excluding hydrogens is 541 g/mol. The van der Waals surface area contributed by atoms with Gasteiger partial charge in [-0.2, -0.15) is 0 Å². The van der Waals surface area contributed by atoms with E-state index in [0.717, 1.165) is 3.97 Å². The van der Waals surface area contributed by atoms with Crippen LogP contribution in [0.2, 0.25) is 10.0 Å². The van der Waals surface area contributed by atoms with Crippen LogP contribution in [0.15, 0.2) is 70.0 Å². The highest BCUT2D eigenvalue weighted by Crippen LogP contribution is 2.40. The molecule has 10 heteroatoms. The molecule has 164 valence electrons. The first-order valence-electron chi connectivity index (χ1n) is 9.07. The summed E-state index contributed by atoms with van der Waals surface area (Å²) in [5.74, 6) is -1.21. The fraction of sp³-hybridized carbons (Fsp3) is 0.0455. The summed E-state index contributed by atoms with van der Waals surface area (Å²) >= 11 is 15.4. The molecule has 0 aliphatic heterocycles. The zero-order valence-corrected chi connectivity index (χ0v) is 20.3. The molecule has 6 nitrogen and oxygen atoms in total. The Hall–Kier alpha value is -2.52. The highest BCUT2D eigenvalue weighted by atomic mass is 79.9. The van der Waals surface area contributed by atoms with E-state index in [1.165, 1.54) is 25.3 Å². The number of phenolic OH excluding ortho intramolecular Hbond substituents is 1. The molecule has 0 radical (unpaired) electrons. The van der Waals surface area contributed by atoms with Gasteiger partial charge >= 0.3 is 5.97 Å². The first-order chi connectivity index (χ1) is 15.1. The van der Waals surface area contributed by atoms with E-state index in [2.05, 4.69) is 15.9 Å². The molecule has 4 aromatic rings. The molecule has 0 saturated carbocycles.